The van der Waals surface area contributed by atoms with E-state index in [-0.39, 0.29) is 5.82 Å². The lowest BCUT2D eigenvalue weighted by Gasteiger charge is -2.35. The Balaban J connectivity index is 2.07. The lowest BCUT2D eigenvalue weighted by molar-refractivity contribution is 0.132. The van der Waals surface area contributed by atoms with Crippen molar-refractivity contribution in [1.82, 2.24) is 4.90 Å². The van der Waals surface area contributed by atoms with E-state index in [0.717, 1.165) is 36.7 Å². The average Bonchev–Trinajstić information content (AvgIpc) is 2.34. The van der Waals surface area contributed by atoms with Crippen molar-refractivity contribution in [3.8, 4) is 0 Å². The van der Waals surface area contributed by atoms with Gasteiger partial charge in [-0.15, -0.1) is 0 Å². The lowest BCUT2D eigenvalue weighted by atomic mass is 9.88. The van der Waals surface area contributed by atoms with Crippen LogP contribution in [0.25, 0.3) is 0 Å². The maximum Gasteiger partial charge on any atom is 0.123 e. The Morgan fingerprint density at radius 2 is 2.06 bits per heavy atom. The molecule has 0 saturated carbocycles. The molecule has 2 nitrogen and oxygen atoms in total. The molecule has 1 aliphatic rings. The molecule has 0 bridgehead atoms. The number of hydrogen-bond donors (Lipinski definition) is 1. The number of hydrogen-bond acceptors (Lipinski definition) is 2. The fourth-order valence-corrected chi connectivity index (χ4v) is 2.67. The summed E-state index contributed by atoms with van der Waals surface area (Å²) in [5.41, 5.74) is 7.81. The normalized spacial score (nSPS) is 25.3. The Labute approximate surface area is 109 Å². The quantitative estimate of drug-likeness (QED) is 0.893. The summed E-state index contributed by atoms with van der Waals surface area (Å²) >= 11 is 0. The van der Waals surface area contributed by atoms with Gasteiger partial charge in [0, 0.05) is 19.6 Å². The first kappa shape index (κ1) is 13.5. The Morgan fingerprint density at radius 1 is 1.28 bits per heavy atom. The molecule has 1 fully saturated rings. The summed E-state index contributed by atoms with van der Waals surface area (Å²) in [6.07, 6.45) is 1.23. The molecule has 1 heterocycles. The van der Waals surface area contributed by atoms with E-state index < -0.39 is 0 Å². The summed E-state index contributed by atoms with van der Waals surface area (Å²) in [5.74, 6) is 1.34. The molecule has 0 spiro atoms. The van der Waals surface area contributed by atoms with Crippen molar-refractivity contribution in [2.24, 2.45) is 17.6 Å². The maximum absolute atomic E-state index is 13.3. The highest BCUT2D eigenvalue weighted by molar-refractivity contribution is 5.27. The second-order valence-corrected chi connectivity index (χ2v) is 5.60. The van der Waals surface area contributed by atoms with Gasteiger partial charge in [-0.1, -0.05) is 19.9 Å². The van der Waals surface area contributed by atoms with E-state index in [2.05, 4.69) is 18.7 Å². The minimum atomic E-state index is -0.166. The van der Waals surface area contributed by atoms with E-state index in [0.29, 0.717) is 12.5 Å². The standard InChI is InChI=1S/C15H23FN2/c1-11-5-6-18(9-12(11)2)10-14-7-15(16)4-3-13(14)8-17/h3-4,7,11-12H,5-6,8-10,17H2,1-2H3. The lowest BCUT2D eigenvalue weighted by Crippen LogP contribution is -2.38. The molecule has 2 rings (SSSR count). The predicted molar refractivity (Wildman–Crippen MR) is 72.5 cm³/mol. The smallest absolute Gasteiger partial charge is 0.123 e. The number of nitrogens with zero attached hydrogens (tertiary/aromatic N) is 1. The van der Waals surface area contributed by atoms with Gasteiger partial charge in [0.05, 0.1) is 0 Å². The molecule has 2 unspecified atom stereocenters. The van der Waals surface area contributed by atoms with Gasteiger partial charge < -0.3 is 5.73 Å². The van der Waals surface area contributed by atoms with Crippen LogP contribution < -0.4 is 5.73 Å². The first-order valence-electron chi connectivity index (χ1n) is 6.80. The van der Waals surface area contributed by atoms with Crippen LogP contribution in [-0.4, -0.2) is 18.0 Å². The molecular weight excluding hydrogens is 227 g/mol. The summed E-state index contributed by atoms with van der Waals surface area (Å²) < 4.78 is 13.3. The molecule has 1 aromatic carbocycles. The second kappa shape index (κ2) is 5.81. The van der Waals surface area contributed by atoms with Gasteiger partial charge in [0.1, 0.15) is 5.82 Å². The molecule has 18 heavy (non-hydrogen) atoms. The number of halogens is 1. The van der Waals surface area contributed by atoms with Crippen molar-refractivity contribution in [3.05, 3.63) is 35.1 Å². The highest BCUT2D eigenvalue weighted by Gasteiger charge is 2.23. The summed E-state index contributed by atoms with van der Waals surface area (Å²) in [7, 11) is 0. The zero-order valence-electron chi connectivity index (χ0n) is 11.3. The van der Waals surface area contributed by atoms with Crippen LogP contribution >= 0.6 is 0 Å². The molecule has 0 aliphatic carbocycles. The first-order valence-corrected chi connectivity index (χ1v) is 6.80. The molecule has 0 aromatic heterocycles. The van der Waals surface area contributed by atoms with E-state index >= 15 is 0 Å². The largest absolute Gasteiger partial charge is 0.326 e. The van der Waals surface area contributed by atoms with Crippen LogP contribution in [0, 0.1) is 17.7 Å². The van der Waals surface area contributed by atoms with E-state index in [1.807, 2.05) is 0 Å². The van der Waals surface area contributed by atoms with Crippen LogP contribution in [0.4, 0.5) is 4.39 Å². The fraction of sp³-hybridized carbons (Fsp3) is 0.600. The van der Waals surface area contributed by atoms with E-state index in [9.17, 15) is 4.39 Å². The molecule has 1 aromatic rings. The van der Waals surface area contributed by atoms with Crippen molar-refractivity contribution in [2.45, 2.75) is 33.4 Å². The van der Waals surface area contributed by atoms with Gasteiger partial charge >= 0.3 is 0 Å². The van der Waals surface area contributed by atoms with Crippen LogP contribution in [0.15, 0.2) is 18.2 Å². The zero-order chi connectivity index (χ0) is 13.1. The number of piperidine rings is 1. The average molecular weight is 250 g/mol. The monoisotopic (exact) mass is 250 g/mol. The van der Waals surface area contributed by atoms with Gasteiger partial charge in [-0.3, -0.25) is 4.90 Å². The van der Waals surface area contributed by atoms with Crippen LogP contribution in [0.5, 0.6) is 0 Å². The summed E-state index contributed by atoms with van der Waals surface area (Å²) in [5, 5.41) is 0. The van der Waals surface area contributed by atoms with Crippen LogP contribution in [-0.2, 0) is 13.1 Å². The molecule has 2 N–H and O–H groups in total. The first-order chi connectivity index (χ1) is 8.60. The van der Waals surface area contributed by atoms with Gasteiger partial charge in [0.15, 0.2) is 0 Å². The van der Waals surface area contributed by atoms with E-state index in [1.54, 1.807) is 12.1 Å². The SMILES string of the molecule is CC1CCN(Cc2cc(F)ccc2CN)CC1C. The maximum atomic E-state index is 13.3. The van der Waals surface area contributed by atoms with E-state index in [1.165, 1.54) is 12.5 Å². The summed E-state index contributed by atoms with van der Waals surface area (Å²) in [6.45, 7) is 8.12. The molecule has 0 amide bonds. The highest BCUT2D eigenvalue weighted by Crippen LogP contribution is 2.24. The molecule has 1 aliphatic heterocycles. The molecule has 100 valence electrons. The summed E-state index contributed by atoms with van der Waals surface area (Å²) in [4.78, 5) is 2.42. The Morgan fingerprint density at radius 3 is 2.72 bits per heavy atom. The van der Waals surface area contributed by atoms with Gasteiger partial charge in [-0.2, -0.15) is 0 Å². The molecule has 2 atom stereocenters. The van der Waals surface area contributed by atoms with Crippen molar-refractivity contribution in [1.29, 1.82) is 0 Å². The molecule has 3 heteroatoms. The zero-order valence-corrected chi connectivity index (χ0v) is 11.3. The topological polar surface area (TPSA) is 29.3 Å². The number of rotatable bonds is 3. The van der Waals surface area contributed by atoms with Crippen LogP contribution in [0.2, 0.25) is 0 Å². The number of nitrogens with two attached hydrogens (primary N) is 1. The van der Waals surface area contributed by atoms with Crippen molar-refractivity contribution in [3.63, 3.8) is 0 Å². The second-order valence-electron chi connectivity index (χ2n) is 5.60. The third-order valence-electron chi connectivity index (χ3n) is 4.20. The Kier molecular flexibility index (Phi) is 4.36. The minimum absolute atomic E-state index is 0.166. The minimum Gasteiger partial charge on any atom is -0.326 e. The third kappa shape index (κ3) is 3.09. The predicted octanol–water partition coefficient (Wildman–Crippen LogP) is 2.76. The van der Waals surface area contributed by atoms with Crippen LogP contribution in [0.1, 0.15) is 31.4 Å². The Bertz CT molecular complexity index is 405. The fourth-order valence-electron chi connectivity index (χ4n) is 2.67. The van der Waals surface area contributed by atoms with Gasteiger partial charge in [0.2, 0.25) is 0 Å². The highest BCUT2D eigenvalue weighted by atomic mass is 19.1. The number of likely N-dealkylation sites (tertiary alicyclic amines) is 1. The molecule has 0 radical (unpaired) electrons. The van der Waals surface area contributed by atoms with Crippen molar-refractivity contribution < 1.29 is 4.39 Å². The van der Waals surface area contributed by atoms with Gasteiger partial charge in [-0.05, 0) is 48.1 Å². The van der Waals surface area contributed by atoms with Gasteiger partial charge in [0.25, 0.3) is 0 Å². The third-order valence-corrected chi connectivity index (χ3v) is 4.20. The van der Waals surface area contributed by atoms with Crippen LogP contribution in [0.3, 0.4) is 0 Å². The summed E-state index contributed by atoms with van der Waals surface area (Å²) in [6, 6.07) is 4.93. The van der Waals surface area contributed by atoms with E-state index in [4.69, 9.17) is 5.73 Å². The van der Waals surface area contributed by atoms with Crippen molar-refractivity contribution >= 4 is 0 Å². The molecular formula is C15H23FN2. The van der Waals surface area contributed by atoms with Crippen molar-refractivity contribution in [2.75, 3.05) is 13.1 Å². The Hall–Kier alpha value is -0.930. The molecule has 1 saturated heterocycles. The van der Waals surface area contributed by atoms with Gasteiger partial charge in [-0.25, -0.2) is 4.39 Å². The number of benzene rings is 1.